The number of carboxylic acids is 1. The minimum atomic E-state index is -5.19. The minimum Gasteiger partial charge on any atom is -0.542 e. The predicted molar refractivity (Wildman–Crippen MR) is 438 cm³/mol. The molecule has 3 amide bonds. The smallest absolute Gasteiger partial charge is 0.430 e. The summed E-state index contributed by atoms with van der Waals surface area (Å²) in [4.78, 5) is 138. The van der Waals surface area contributed by atoms with Crippen LogP contribution < -0.4 is 68.2 Å². The normalized spacial score (nSPS) is 16.2. The van der Waals surface area contributed by atoms with Crippen molar-refractivity contribution in [3.8, 4) is 23.0 Å². The SMILES string of the molecule is C.C.CCC[C@@H](NC(=O)[C@@H]1CSC(/C(C)=N/O)=N1)c1cc(OC)cc(=O)o1.CCC[C@@H](NC(=O)[C@@H]1CSC(C(C)(OCC)OCC)=N1)c1cc(OC)cc(=O)o1.CCC[C@@H](NC(=O)[C@@H]1CSC(C(C)=O)=N1)c1cc(OC)cc(=O)o1.CCC[C@@H]([NH3+])c1cc(OC)cc(=O)o1.CCOC(C)(OCC)C1=NCCS1.O=C([O-])C(F)(F)F.O=C=O. The van der Waals surface area contributed by atoms with Gasteiger partial charge in [-0.15, -0.1) is 47.0 Å². The quantitative estimate of drug-likeness (QED) is 0.0126. The number of alkyl halides is 3. The molecule has 4 aliphatic heterocycles. The summed E-state index contributed by atoms with van der Waals surface area (Å²) in [7, 11) is 5.92. The average molecular weight is 1740 g/mol. The molecule has 0 aliphatic carbocycles. The minimum absolute atomic E-state index is 0. The Labute approximate surface area is 694 Å². The molecule has 4 aliphatic rings. The fourth-order valence-electron chi connectivity index (χ4n) is 10.3. The number of halogens is 3. The Morgan fingerprint density at radius 2 is 0.846 bits per heavy atom. The van der Waals surface area contributed by atoms with Crippen molar-refractivity contribution in [1.82, 2.24) is 16.0 Å². The Balaban J connectivity index is 0.00000142. The molecular formula is C76H112F3N9O25S4. The Morgan fingerprint density at radius 1 is 0.538 bits per heavy atom. The van der Waals surface area contributed by atoms with Crippen LogP contribution in [0.5, 0.6) is 23.0 Å². The van der Waals surface area contributed by atoms with Gasteiger partial charge in [0.25, 0.3) is 0 Å². The van der Waals surface area contributed by atoms with Crippen LogP contribution in [0.2, 0.25) is 0 Å². The number of nitrogens with one attached hydrogen (secondary N) is 3. The highest BCUT2D eigenvalue weighted by Crippen LogP contribution is 2.33. The standard InChI is InChI=1S/C20H30N2O6S.C16H21N3O5S.C16H20N2O5S.C10H15NO3.C9H17NO2S.C2HF3O2.CO2.2CH4/c1-6-9-14(16-10-13(25-5)11-17(23)28-16)21-18(24)15-12-29-19(22-15)20(4,26-7-2)27-8-3;1-4-5-11(13-6-10(23-3)7-14(20)24-13)17-15(21)12-8-25-16(18-12)9(2)19-22;1-4-5-11(13-6-10(22-3)7-14(20)23-13)17-15(21)12-8-24-16(18-12)9(2)19;1-3-4-8(11)9-5-7(13-2)6-10(12)14-9;1-4-11-9(3,12-5-2)8-10-6-7-13-8;3-2(4,5)1(6)7;2-1-3;;/h10-11,14-15H,6-9,12H2,1-5H3,(H,21,24);6-7,11-12,22H,4-5,8H2,1-3H3,(H,17,21);6-7,11-12H,4-5,8H2,1-3H3,(H,17,21);5-6,8H,3-4,11H2,1-2H3;4-7H2,1-3H3;(H,6,7);;2*1H4/b;19-9+;;;;;;;/t14-,15+;2*11-,12+;8-;;;;;/m1111...../s1. The lowest BCUT2D eigenvalue weighted by Crippen LogP contribution is -2.53. The van der Waals surface area contributed by atoms with Crippen LogP contribution in [0.4, 0.5) is 13.2 Å². The van der Waals surface area contributed by atoms with Gasteiger partial charge in [-0.2, -0.15) is 22.8 Å². The number of oxime groups is 1. The zero-order valence-corrected chi connectivity index (χ0v) is 70.4. The first kappa shape index (κ1) is 108. The van der Waals surface area contributed by atoms with Crippen molar-refractivity contribution in [2.45, 2.75) is 209 Å². The molecule has 4 aromatic rings. The molecule has 7 N–H and O–H groups in total. The largest absolute Gasteiger partial charge is 0.542 e. The Kier molecular flexibility index (Phi) is 52.1. The number of hydrogen-bond donors (Lipinski definition) is 5. The first-order valence-electron chi connectivity index (χ1n) is 36.4. The van der Waals surface area contributed by atoms with E-state index in [0.717, 1.165) is 49.4 Å². The molecule has 117 heavy (non-hydrogen) atoms. The van der Waals surface area contributed by atoms with E-state index in [1.165, 1.54) is 94.9 Å². The van der Waals surface area contributed by atoms with Crippen molar-refractivity contribution < 1.29 is 118 Å². The molecule has 0 saturated carbocycles. The van der Waals surface area contributed by atoms with Crippen LogP contribution in [0.25, 0.3) is 0 Å². The monoisotopic (exact) mass is 1740 g/mol. The van der Waals surface area contributed by atoms with E-state index >= 15 is 0 Å². The highest BCUT2D eigenvalue weighted by Gasteiger charge is 2.40. The zero-order valence-electron chi connectivity index (χ0n) is 67.1. The van der Waals surface area contributed by atoms with Crippen molar-refractivity contribution in [2.75, 3.05) is 84.4 Å². The van der Waals surface area contributed by atoms with Crippen LogP contribution in [-0.2, 0) is 52.5 Å². The van der Waals surface area contributed by atoms with Crippen LogP contribution in [0, 0.1) is 0 Å². The number of hydrogen-bond acceptors (Lipinski definition) is 34. The molecule has 0 aromatic carbocycles. The van der Waals surface area contributed by atoms with E-state index in [1.807, 2.05) is 62.3 Å². The number of nitrogens with zero attached hydrogens (tertiary/aromatic N) is 5. The number of carbonyl (C=O) groups is 5. The summed E-state index contributed by atoms with van der Waals surface area (Å²) >= 11 is 5.82. The maximum atomic E-state index is 12.9. The molecule has 656 valence electrons. The van der Waals surface area contributed by atoms with Crippen LogP contribution in [0.15, 0.2) is 111 Å². The summed E-state index contributed by atoms with van der Waals surface area (Å²) in [6.07, 6.45) is 1.16. The lowest BCUT2D eigenvalue weighted by molar-refractivity contribution is -0.432. The second kappa shape index (κ2) is 56.5. The maximum absolute atomic E-state index is 12.9. The van der Waals surface area contributed by atoms with E-state index in [4.69, 9.17) is 80.3 Å². The fourth-order valence-corrected chi connectivity index (χ4v) is 14.3. The number of aliphatic imine (C=N–C) groups is 4. The van der Waals surface area contributed by atoms with E-state index in [0.29, 0.717) is 130 Å². The number of ether oxygens (including phenoxy) is 8. The third-order valence-electron chi connectivity index (χ3n) is 15.6. The molecule has 41 heteroatoms. The highest BCUT2D eigenvalue weighted by atomic mass is 32.2. The summed E-state index contributed by atoms with van der Waals surface area (Å²) in [5.74, 6) is 0.294. The van der Waals surface area contributed by atoms with Crippen LogP contribution in [-0.4, -0.2) is 187 Å². The Hall–Kier alpha value is -8.93. The highest BCUT2D eigenvalue weighted by molar-refractivity contribution is 8.16. The van der Waals surface area contributed by atoms with Crippen LogP contribution in [0.3, 0.4) is 0 Å². The van der Waals surface area contributed by atoms with Gasteiger partial charge in [0.15, 0.2) is 11.5 Å². The topological polar surface area (TPSA) is 483 Å². The zero-order chi connectivity index (χ0) is 86.6. The summed E-state index contributed by atoms with van der Waals surface area (Å²) in [6.45, 7) is 25.7. The molecule has 0 fully saturated rings. The van der Waals surface area contributed by atoms with Gasteiger partial charge < -0.3 is 92.4 Å². The van der Waals surface area contributed by atoms with E-state index < -0.39 is 76.8 Å². The lowest BCUT2D eigenvalue weighted by atomic mass is 10.1. The number of rotatable bonds is 34. The molecule has 0 bridgehead atoms. The molecule has 34 nitrogen and oxygen atoms in total. The van der Waals surface area contributed by atoms with Gasteiger partial charge in [0.05, 0.1) is 70.8 Å². The predicted octanol–water partition coefficient (Wildman–Crippen LogP) is 9.23. The number of carbonyl (C=O) groups excluding carboxylic acids is 7. The number of carboxylic acid groups (broad SMARTS) is 1. The molecule has 8 heterocycles. The fraction of sp³-hybridized carbons (Fsp3) is 0.592. The number of amides is 3. The van der Waals surface area contributed by atoms with Crippen molar-refractivity contribution in [3.05, 3.63) is 113 Å². The molecule has 8 rings (SSSR count). The number of ketones is 1. The van der Waals surface area contributed by atoms with Gasteiger partial charge in [-0.05, 0) is 67.7 Å². The number of quaternary nitrogens is 1. The molecule has 4 aromatic heterocycles. The van der Waals surface area contributed by atoms with Crippen molar-refractivity contribution in [1.29, 1.82) is 0 Å². The first-order valence-corrected chi connectivity index (χ1v) is 40.3. The number of methoxy groups -OCH3 is 4. The second-order valence-electron chi connectivity index (χ2n) is 24.5. The molecule has 7 atom stereocenters. The van der Waals surface area contributed by atoms with Crippen LogP contribution >= 0.6 is 47.0 Å². The van der Waals surface area contributed by atoms with Gasteiger partial charge in [-0.25, -0.2) is 19.2 Å². The Morgan fingerprint density at radius 3 is 1.14 bits per heavy atom. The summed E-state index contributed by atoms with van der Waals surface area (Å²) in [5, 5.41) is 31.9. The number of Topliss-reactive ketones (excluding diaryl/α,β-unsaturated/α-hetero) is 1. The van der Waals surface area contributed by atoms with Crippen molar-refractivity contribution >= 4 is 109 Å². The van der Waals surface area contributed by atoms with Crippen molar-refractivity contribution in [2.24, 2.45) is 25.1 Å². The second-order valence-corrected chi connectivity index (χ2v) is 28.6. The van der Waals surface area contributed by atoms with E-state index in [2.05, 4.69) is 53.7 Å². The lowest BCUT2D eigenvalue weighted by Gasteiger charge is -2.28. The van der Waals surface area contributed by atoms with E-state index in [1.54, 1.807) is 43.0 Å². The molecule has 0 spiro atoms. The summed E-state index contributed by atoms with van der Waals surface area (Å²) in [5.41, 5.74) is 2.34. The first-order chi connectivity index (χ1) is 54.5. The van der Waals surface area contributed by atoms with Crippen molar-refractivity contribution in [3.63, 3.8) is 0 Å². The summed E-state index contributed by atoms with van der Waals surface area (Å²) < 4.78 is 95.3. The third kappa shape index (κ3) is 37.7. The van der Waals surface area contributed by atoms with Crippen LogP contribution in [0.1, 0.15) is 197 Å². The number of thioether (sulfide) groups is 4. The van der Waals surface area contributed by atoms with Gasteiger partial charge >= 0.3 is 34.8 Å². The number of aliphatic carboxylic acids is 1. The van der Waals surface area contributed by atoms with Gasteiger partial charge in [-0.1, -0.05) is 73.4 Å². The van der Waals surface area contributed by atoms with E-state index in [9.17, 15) is 51.5 Å². The Bertz CT molecular complexity index is 4190. The van der Waals surface area contributed by atoms with E-state index in [-0.39, 0.29) is 56.2 Å². The average Bonchev–Trinajstić information content (AvgIpc) is 1.68. The molecule has 0 radical (unpaired) electrons. The molecule has 0 saturated heterocycles. The van der Waals surface area contributed by atoms with Gasteiger partial charge in [0.2, 0.25) is 29.3 Å². The van der Waals surface area contributed by atoms with Gasteiger partial charge in [0, 0.05) is 93.6 Å². The van der Waals surface area contributed by atoms with Gasteiger partial charge in [0.1, 0.15) is 96.3 Å². The summed E-state index contributed by atoms with van der Waals surface area (Å²) in [6, 6.07) is 8.54. The van der Waals surface area contributed by atoms with Gasteiger partial charge in [-0.3, -0.25) is 39.1 Å². The molecular weight excluding hydrogens is 1620 g/mol. The third-order valence-corrected chi connectivity index (χ3v) is 20.3. The molecule has 0 unspecified atom stereocenters. The maximum Gasteiger partial charge on any atom is 0.430 e.